The van der Waals surface area contributed by atoms with Crippen molar-refractivity contribution >= 4 is 22.9 Å². The third-order valence-corrected chi connectivity index (χ3v) is 9.52. The Hall–Kier alpha value is -3.50. The van der Waals surface area contributed by atoms with Crippen molar-refractivity contribution in [2.45, 2.75) is 103 Å². The van der Waals surface area contributed by atoms with Gasteiger partial charge in [-0.2, -0.15) is 5.10 Å². The molecule has 250 valence electrons. The number of ether oxygens (including phenoxy) is 1. The van der Waals surface area contributed by atoms with Crippen LogP contribution in [0, 0.1) is 5.82 Å². The molecule has 1 aliphatic carbocycles. The van der Waals surface area contributed by atoms with Gasteiger partial charge in [0.15, 0.2) is 0 Å². The molecule has 2 aromatic carbocycles. The number of carbonyl (C=O) groups is 2. The normalized spacial score (nSPS) is 22.4. The number of halogens is 1. The minimum Gasteiger partial charge on any atom is -0.444 e. The van der Waals surface area contributed by atoms with Crippen LogP contribution >= 0.6 is 0 Å². The fraction of sp³-hybridized carbons (Fsp3) is 0.583. The number of β-amino-alcohol motifs (C(OH)–C–C–N with tert-alkyl or cyclic N) is 1. The monoisotopic (exact) mass is 635 g/mol. The van der Waals surface area contributed by atoms with Crippen molar-refractivity contribution in [1.29, 1.82) is 0 Å². The Morgan fingerprint density at radius 3 is 2.52 bits per heavy atom. The molecule has 5 rings (SSSR count). The quantitative estimate of drug-likeness (QED) is 0.304. The summed E-state index contributed by atoms with van der Waals surface area (Å²) >= 11 is 0. The largest absolute Gasteiger partial charge is 0.444 e. The molecule has 0 unspecified atom stereocenters. The van der Waals surface area contributed by atoms with Crippen molar-refractivity contribution in [2.24, 2.45) is 7.05 Å². The van der Waals surface area contributed by atoms with Crippen LogP contribution in [0.25, 0.3) is 22.0 Å². The first kappa shape index (κ1) is 33.9. The minimum absolute atomic E-state index is 0.00123. The molecule has 0 radical (unpaired) electrons. The number of hydrogen-bond donors (Lipinski definition) is 2. The average molecular weight is 636 g/mol. The van der Waals surface area contributed by atoms with Crippen LogP contribution in [-0.2, 0) is 11.8 Å². The molecule has 46 heavy (non-hydrogen) atoms. The van der Waals surface area contributed by atoms with Gasteiger partial charge in [-0.05, 0) is 127 Å². The van der Waals surface area contributed by atoms with Crippen LogP contribution in [-0.4, -0.2) is 86.2 Å². The summed E-state index contributed by atoms with van der Waals surface area (Å²) in [6.45, 7) is 14.2. The molecule has 9 nitrogen and oxygen atoms in total. The molecule has 10 heteroatoms. The lowest BCUT2D eigenvalue weighted by molar-refractivity contribution is -0.0289. The van der Waals surface area contributed by atoms with Crippen molar-refractivity contribution in [1.82, 2.24) is 24.9 Å². The minimum atomic E-state index is -0.802. The summed E-state index contributed by atoms with van der Waals surface area (Å²) in [4.78, 5) is 30.0. The molecule has 1 aliphatic heterocycles. The molecule has 2 aliphatic rings. The molecule has 0 bridgehead atoms. The molecule has 3 aromatic rings. The van der Waals surface area contributed by atoms with E-state index in [9.17, 15) is 19.1 Å². The number of alkyl carbamates (subject to hydrolysis) is 1. The van der Waals surface area contributed by atoms with Gasteiger partial charge in [0.2, 0.25) is 0 Å². The smallest absolute Gasteiger partial charge is 0.407 e. The molecular weight excluding hydrogens is 585 g/mol. The van der Waals surface area contributed by atoms with Crippen LogP contribution in [0.2, 0.25) is 0 Å². The lowest BCUT2D eigenvalue weighted by atomic mass is 9.82. The number of benzene rings is 2. The van der Waals surface area contributed by atoms with Crippen LogP contribution in [0.5, 0.6) is 0 Å². The molecule has 2 fully saturated rings. The second-order valence-electron chi connectivity index (χ2n) is 14.5. The fourth-order valence-corrected chi connectivity index (χ4v) is 7.15. The topological polar surface area (TPSA) is 99.9 Å². The van der Waals surface area contributed by atoms with Gasteiger partial charge >= 0.3 is 6.09 Å². The van der Waals surface area contributed by atoms with Crippen molar-refractivity contribution in [3.05, 3.63) is 53.5 Å². The number of rotatable bonds is 8. The number of likely N-dealkylation sites (tertiary alicyclic amines) is 1. The van der Waals surface area contributed by atoms with Crippen LogP contribution in [0.4, 0.5) is 9.18 Å². The first-order chi connectivity index (χ1) is 21.7. The number of fused-ring (bicyclic) bond motifs is 1. The maximum absolute atomic E-state index is 14.6. The first-order valence-electron chi connectivity index (χ1n) is 16.7. The molecule has 2 heterocycles. The zero-order valence-electron chi connectivity index (χ0n) is 28.4. The number of carbonyl (C=O) groups excluding carboxylic acids is 2. The number of aromatic nitrogens is 2. The number of nitrogens with one attached hydrogen (secondary N) is 1. The highest BCUT2D eigenvalue weighted by molar-refractivity contribution is 6.05. The summed E-state index contributed by atoms with van der Waals surface area (Å²) in [6.07, 6.45) is 5.00. The number of hydrogen-bond acceptors (Lipinski definition) is 6. The van der Waals surface area contributed by atoms with E-state index in [0.29, 0.717) is 49.9 Å². The van der Waals surface area contributed by atoms with E-state index in [-0.39, 0.29) is 23.9 Å². The first-order valence-corrected chi connectivity index (χ1v) is 16.7. The molecule has 1 saturated carbocycles. The number of aryl methyl sites for hydroxylation is 1. The zero-order chi connectivity index (χ0) is 33.4. The highest BCUT2D eigenvalue weighted by atomic mass is 19.1. The summed E-state index contributed by atoms with van der Waals surface area (Å²) in [5.74, 6) is -0.399. The maximum Gasteiger partial charge on any atom is 0.407 e. The van der Waals surface area contributed by atoms with Crippen LogP contribution in [0.1, 0.15) is 95.5 Å². The summed E-state index contributed by atoms with van der Waals surface area (Å²) in [6, 6.07) is 8.80. The van der Waals surface area contributed by atoms with Crippen molar-refractivity contribution < 1.29 is 23.8 Å². The van der Waals surface area contributed by atoms with Gasteiger partial charge in [-0.3, -0.25) is 14.4 Å². The summed E-state index contributed by atoms with van der Waals surface area (Å²) < 4.78 is 21.9. The van der Waals surface area contributed by atoms with Crippen molar-refractivity contribution in [3.8, 4) is 11.1 Å². The Labute approximate surface area is 272 Å². The Morgan fingerprint density at radius 2 is 1.87 bits per heavy atom. The molecule has 1 aromatic heterocycles. The van der Waals surface area contributed by atoms with Gasteiger partial charge in [0, 0.05) is 44.2 Å². The van der Waals surface area contributed by atoms with Gasteiger partial charge in [0.05, 0.1) is 22.9 Å². The van der Waals surface area contributed by atoms with Gasteiger partial charge in [0.1, 0.15) is 11.4 Å². The standard InChI is InChI=1S/C36H50FN5O4/c1-8-42(23(2)3)33(43)30-19-26(37)9-10-28(30)29-17-25(18-32-31(29)20-38-40(32)7)24-13-16-41(21-24)22-36(45)14-11-27(12-15-36)39-34(44)46-35(4,5)6/h9-10,17-20,23-24,27,45H,8,11-16,21-22H2,1-7H3,(H,39,44)/t24-,27?,36?/m1/s1. The second-order valence-corrected chi connectivity index (χ2v) is 14.5. The van der Waals surface area contributed by atoms with Crippen molar-refractivity contribution in [3.63, 3.8) is 0 Å². The Kier molecular flexibility index (Phi) is 9.80. The van der Waals surface area contributed by atoms with E-state index in [2.05, 4.69) is 27.4 Å². The highest BCUT2D eigenvalue weighted by Gasteiger charge is 2.38. The van der Waals surface area contributed by atoms with E-state index in [0.717, 1.165) is 41.5 Å². The van der Waals surface area contributed by atoms with E-state index in [1.807, 2.05) is 59.5 Å². The second kappa shape index (κ2) is 13.3. The average Bonchev–Trinajstić information content (AvgIpc) is 3.59. The van der Waals surface area contributed by atoms with Crippen LogP contribution in [0.15, 0.2) is 36.5 Å². The SMILES string of the molecule is CCN(C(=O)c1cc(F)ccc1-c1cc([C@@H]2CCN(CC3(O)CCC(NC(=O)OC(C)(C)C)CC3)C2)cc2c1cnn2C)C(C)C. The van der Waals surface area contributed by atoms with Crippen LogP contribution in [0.3, 0.4) is 0 Å². The lowest BCUT2D eigenvalue weighted by Crippen LogP contribution is -2.49. The van der Waals surface area contributed by atoms with E-state index >= 15 is 0 Å². The zero-order valence-corrected chi connectivity index (χ0v) is 28.4. The fourth-order valence-electron chi connectivity index (χ4n) is 7.15. The molecule has 0 spiro atoms. The van der Waals surface area contributed by atoms with E-state index in [1.54, 1.807) is 11.0 Å². The molecule has 1 saturated heterocycles. The van der Waals surface area contributed by atoms with Gasteiger partial charge in [-0.25, -0.2) is 9.18 Å². The Bertz CT molecular complexity index is 1570. The van der Waals surface area contributed by atoms with E-state index < -0.39 is 23.1 Å². The van der Waals surface area contributed by atoms with Crippen LogP contribution < -0.4 is 5.32 Å². The molecule has 2 amide bonds. The summed E-state index contributed by atoms with van der Waals surface area (Å²) in [5.41, 5.74) is 2.68. The predicted molar refractivity (Wildman–Crippen MR) is 178 cm³/mol. The summed E-state index contributed by atoms with van der Waals surface area (Å²) in [5, 5.41) is 19.9. The van der Waals surface area contributed by atoms with E-state index in [1.165, 1.54) is 12.1 Å². The van der Waals surface area contributed by atoms with Gasteiger partial charge in [0.25, 0.3) is 5.91 Å². The third kappa shape index (κ3) is 7.55. The predicted octanol–water partition coefficient (Wildman–Crippen LogP) is 6.24. The maximum atomic E-state index is 14.6. The molecule has 1 atom stereocenters. The van der Waals surface area contributed by atoms with Gasteiger partial charge < -0.3 is 20.1 Å². The summed E-state index contributed by atoms with van der Waals surface area (Å²) in [7, 11) is 1.91. The Morgan fingerprint density at radius 1 is 1.15 bits per heavy atom. The number of nitrogens with zero attached hydrogens (tertiary/aromatic N) is 4. The highest BCUT2D eigenvalue weighted by Crippen LogP contribution is 2.39. The van der Waals surface area contributed by atoms with E-state index in [4.69, 9.17) is 4.74 Å². The van der Waals surface area contributed by atoms with Gasteiger partial charge in [-0.15, -0.1) is 0 Å². The molecule has 2 N–H and O–H groups in total. The number of amides is 2. The number of aliphatic hydroxyl groups is 1. The van der Waals surface area contributed by atoms with Crippen molar-refractivity contribution in [2.75, 3.05) is 26.2 Å². The Balaban J connectivity index is 1.34. The van der Waals surface area contributed by atoms with Gasteiger partial charge in [-0.1, -0.05) is 6.07 Å². The molecular formula is C36H50FN5O4. The lowest BCUT2D eigenvalue weighted by Gasteiger charge is -2.38. The third-order valence-electron chi connectivity index (χ3n) is 9.52.